The number of hydrogen-bond donors (Lipinski definition) is 2. The van der Waals surface area contributed by atoms with Crippen molar-refractivity contribution >= 4 is 16.8 Å². The molecule has 166 valence electrons. The molecule has 2 N–H and O–H groups in total. The van der Waals surface area contributed by atoms with Crippen molar-refractivity contribution in [3.63, 3.8) is 0 Å². The third kappa shape index (κ3) is 5.69. The zero-order valence-electron chi connectivity index (χ0n) is 17.0. The van der Waals surface area contributed by atoms with Crippen LogP contribution in [0.15, 0.2) is 30.7 Å². The molecule has 0 radical (unpaired) electrons. The SMILES string of the molecule is Cc1cc(C(C)n2cc3c(CC(=O)NCCO)nccc3n2)cnc1OCC(F)(F)F. The average Bonchev–Trinajstić information content (AvgIpc) is 3.15. The number of aliphatic hydroxyl groups is 1. The van der Waals surface area contributed by atoms with Gasteiger partial charge >= 0.3 is 6.18 Å². The minimum atomic E-state index is -4.43. The summed E-state index contributed by atoms with van der Waals surface area (Å²) >= 11 is 0. The number of alkyl halides is 3. The van der Waals surface area contributed by atoms with E-state index in [9.17, 15) is 18.0 Å². The van der Waals surface area contributed by atoms with E-state index in [2.05, 4.69) is 20.4 Å². The van der Waals surface area contributed by atoms with Crippen LogP contribution in [0, 0.1) is 6.92 Å². The highest BCUT2D eigenvalue weighted by atomic mass is 19.4. The number of aliphatic hydroxyl groups excluding tert-OH is 1. The quantitative estimate of drug-likeness (QED) is 0.561. The molecule has 0 fully saturated rings. The number of amides is 1. The lowest BCUT2D eigenvalue weighted by atomic mass is 10.1. The predicted molar refractivity (Wildman–Crippen MR) is 106 cm³/mol. The van der Waals surface area contributed by atoms with Gasteiger partial charge < -0.3 is 15.2 Å². The van der Waals surface area contributed by atoms with Gasteiger partial charge in [0.05, 0.1) is 30.3 Å². The average molecular weight is 437 g/mol. The van der Waals surface area contributed by atoms with E-state index in [4.69, 9.17) is 9.84 Å². The molecule has 31 heavy (non-hydrogen) atoms. The third-order valence-electron chi connectivity index (χ3n) is 4.60. The largest absolute Gasteiger partial charge is 0.468 e. The smallest absolute Gasteiger partial charge is 0.422 e. The number of halogens is 3. The van der Waals surface area contributed by atoms with E-state index in [1.807, 2.05) is 6.92 Å². The first-order chi connectivity index (χ1) is 14.7. The van der Waals surface area contributed by atoms with Gasteiger partial charge in [0.25, 0.3) is 0 Å². The molecule has 8 nitrogen and oxygen atoms in total. The molecule has 3 rings (SSSR count). The van der Waals surface area contributed by atoms with Gasteiger partial charge in [0.15, 0.2) is 6.61 Å². The first kappa shape index (κ1) is 22.5. The molecule has 0 bridgehead atoms. The van der Waals surface area contributed by atoms with Crippen molar-refractivity contribution in [1.82, 2.24) is 25.1 Å². The van der Waals surface area contributed by atoms with Gasteiger partial charge in [0.2, 0.25) is 11.8 Å². The van der Waals surface area contributed by atoms with E-state index in [-0.39, 0.29) is 37.4 Å². The van der Waals surface area contributed by atoms with Gasteiger partial charge in [-0.05, 0) is 31.5 Å². The van der Waals surface area contributed by atoms with Gasteiger partial charge in [-0.25, -0.2) is 4.98 Å². The summed E-state index contributed by atoms with van der Waals surface area (Å²) in [5, 5.41) is 16.7. The topological polar surface area (TPSA) is 102 Å². The maximum absolute atomic E-state index is 12.4. The first-order valence-corrected chi connectivity index (χ1v) is 9.54. The molecule has 0 aliphatic rings. The summed E-state index contributed by atoms with van der Waals surface area (Å²) < 4.78 is 43.6. The van der Waals surface area contributed by atoms with Crippen LogP contribution in [0.5, 0.6) is 5.88 Å². The van der Waals surface area contributed by atoms with Crippen LogP contribution in [0.1, 0.15) is 29.8 Å². The molecule has 0 aliphatic carbocycles. The van der Waals surface area contributed by atoms with Crippen molar-refractivity contribution in [1.29, 1.82) is 0 Å². The van der Waals surface area contributed by atoms with Crippen molar-refractivity contribution in [3.8, 4) is 5.88 Å². The van der Waals surface area contributed by atoms with Crippen LogP contribution in [0.4, 0.5) is 13.2 Å². The lowest BCUT2D eigenvalue weighted by Gasteiger charge is -2.15. The first-order valence-electron chi connectivity index (χ1n) is 9.54. The number of aromatic nitrogens is 4. The standard InChI is InChI=1S/C20H22F3N5O3/c1-12-7-14(9-26-19(12)31-11-20(21,22)23)13(2)28-10-15-16(27-28)3-4-24-17(15)8-18(30)25-5-6-29/h3-4,7,9-10,13,29H,5-6,8,11H2,1-2H3,(H,25,30). The second-order valence-corrected chi connectivity index (χ2v) is 7.02. The van der Waals surface area contributed by atoms with E-state index in [0.29, 0.717) is 22.2 Å². The Kier molecular flexibility index (Phi) is 6.74. The van der Waals surface area contributed by atoms with Gasteiger partial charge in [0, 0.05) is 36.1 Å². The second-order valence-electron chi connectivity index (χ2n) is 7.02. The monoisotopic (exact) mass is 437 g/mol. The van der Waals surface area contributed by atoms with Crippen LogP contribution in [-0.4, -0.2) is 56.7 Å². The molecule has 0 aromatic carbocycles. The maximum atomic E-state index is 12.4. The number of hydrogen-bond acceptors (Lipinski definition) is 6. The molecule has 0 spiro atoms. The number of carbonyl (C=O) groups is 1. The summed E-state index contributed by atoms with van der Waals surface area (Å²) in [5.41, 5.74) is 2.42. The van der Waals surface area contributed by atoms with Crippen LogP contribution >= 0.6 is 0 Å². The van der Waals surface area contributed by atoms with E-state index >= 15 is 0 Å². The van der Waals surface area contributed by atoms with E-state index < -0.39 is 12.8 Å². The van der Waals surface area contributed by atoms with Gasteiger partial charge in [-0.15, -0.1) is 0 Å². The van der Waals surface area contributed by atoms with E-state index in [1.54, 1.807) is 36.1 Å². The molecule has 3 aromatic rings. The highest BCUT2D eigenvalue weighted by molar-refractivity contribution is 5.86. The molecule has 3 aromatic heterocycles. The Morgan fingerprint density at radius 1 is 1.35 bits per heavy atom. The number of rotatable bonds is 8. The van der Waals surface area contributed by atoms with Gasteiger partial charge in [-0.3, -0.25) is 14.5 Å². The minimum absolute atomic E-state index is 0.0450. The molecule has 3 heterocycles. The second kappa shape index (κ2) is 9.29. The number of nitrogens with zero attached hydrogens (tertiary/aromatic N) is 4. The molecule has 1 unspecified atom stereocenters. The Hall–Kier alpha value is -3.21. The Balaban J connectivity index is 1.81. The fourth-order valence-electron chi connectivity index (χ4n) is 3.03. The molecule has 1 atom stereocenters. The number of fused-ring (bicyclic) bond motifs is 1. The highest BCUT2D eigenvalue weighted by Crippen LogP contribution is 2.26. The Labute approximate surface area is 176 Å². The van der Waals surface area contributed by atoms with E-state index in [1.165, 1.54) is 6.20 Å². The number of aryl methyl sites for hydroxylation is 1. The summed E-state index contributed by atoms with van der Waals surface area (Å²) in [7, 11) is 0. The van der Waals surface area contributed by atoms with Crippen LogP contribution in [-0.2, 0) is 11.2 Å². The van der Waals surface area contributed by atoms with Crippen molar-refractivity contribution in [2.24, 2.45) is 0 Å². The lowest BCUT2D eigenvalue weighted by Crippen LogP contribution is -2.28. The molecule has 0 saturated heterocycles. The number of ether oxygens (including phenoxy) is 1. The fourth-order valence-corrected chi connectivity index (χ4v) is 3.03. The molecule has 0 saturated carbocycles. The van der Waals surface area contributed by atoms with E-state index in [0.717, 1.165) is 5.56 Å². The summed E-state index contributed by atoms with van der Waals surface area (Å²) in [6.07, 6.45) is 0.402. The van der Waals surface area contributed by atoms with Crippen molar-refractivity contribution in [3.05, 3.63) is 47.5 Å². The number of pyridine rings is 2. The third-order valence-corrected chi connectivity index (χ3v) is 4.60. The molecular weight excluding hydrogens is 415 g/mol. The van der Waals surface area contributed by atoms with Crippen LogP contribution in [0.3, 0.4) is 0 Å². The predicted octanol–water partition coefficient (Wildman–Crippen LogP) is 2.34. The molecule has 0 aliphatic heterocycles. The van der Waals surface area contributed by atoms with Crippen LogP contribution in [0.2, 0.25) is 0 Å². The summed E-state index contributed by atoms with van der Waals surface area (Å²) in [5.74, 6) is -0.330. The summed E-state index contributed by atoms with van der Waals surface area (Å²) in [6.45, 7) is 2.12. The Morgan fingerprint density at radius 3 is 2.81 bits per heavy atom. The lowest BCUT2D eigenvalue weighted by molar-refractivity contribution is -0.154. The van der Waals surface area contributed by atoms with Crippen molar-refractivity contribution in [2.45, 2.75) is 32.5 Å². The number of nitrogens with one attached hydrogen (secondary N) is 1. The van der Waals surface area contributed by atoms with Crippen LogP contribution in [0.25, 0.3) is 10.9 Å². The Morgan fingerprint density at radius 2 is 2.13 bits per heavy atom. The highest BCUT2D eigenvalue weighted by Gasteiger charge is 2.29. The summed E-state index contributed by atoms with van der Waals surface area (Å²) in [6, 6.07) is 3.16. The fraction of sp³-hybridized carbons (Fsp3) is 0.400. The van der Waals surface area contributed by atoms with Crippen LogP contribution < -0.4 is 10.1 Å². The van der Waals surface area contributed by atoms with Crippen molar-refractivity contribution in [2.75, 3.05) is 19.8 Å². The Bertz CT molecular complexity index is 1070. The van der Waals surface area contributed by atoms with Crippen molar-refractivity contribution < 1.29 is 27.8 Å². The van der Waals surface area contributed by atoms with Gasteiger partial charge in [0.1, 0.15) is 0 Å². The number of carbonyl (C=O) groups excluding carboxylic acids is 1. The molecule has 11 heteroatoms. The normalized spacial score (nSPS) is 12.7. The van der Waals surface area contributed by atoms with Gasteiger partial charge in [-0.2, -0.15) is 18.3 Å². The van der Waals surface area contributed by atoms with Gasteiger partial charge in [-0.1, -0.05) is 0 Å². The molecule has 1 amide bonds. The minimum Gasteiger partial charge on any atom is -0.468 e. The zero-order valence-corrected chi connectivity index (χ0v) is 17.0. The zero-order chi connectivity index (χ0) is 22.6. The maximum Gasteiger partial charge on any atom is 0.422 e. The molecular formula is C20H22F3N5O3. The summed E-state index contributed by atoms with van der Waals surface area (Å²) in [4.78, 5) is 20.3.